The molecule has 1 saturated heterocycles. The number of benzene rings is 1. The van der Waals surface area contributed by atoms with Gasteiger partial charge in [-0.2, -0.15) is 0 Å². The molecule has 0 bridgehead atoms. The van der Waals surface area contributed by atoms with Crippen molar-refractivity contribution >= 4 is 17.6 Å². The summed E-state index contributed by atoms with van der Waals surface area (Å²) in [5.74, 6) is -3.60. The van der Waals surface area contributed by atoms with E-state index in [4.69, 9.17) is 4.74 Å². The Hall–Kier alpha value is -3.30. The predicted molar refractivity (Wildman–Crippen MR) is 105 cm³/mol. The fourth-order valence-electron chi connectivity index (χ4n) is 3.42. The number of hydrogen-bond donors (Lipinski definition) is 1. The zero-order chi connectivity index (χ0) is 21.1. The van der Waals surface area contributed by atoms with E-state index in [1.165, 1.54) is 6.33 Å². The van der Waals surface area contributed by atoms with E-state index >= 15 is 0 Å². The Kier molecular flexibility index (Phi) is 5.47. The minimum Gasteiger partial charge on any atom is -0.445 e. The molecular formula is C20H22F2N6O2. The van der Waals surface area contributed by atoms with E-state index in [1.807, 2.05) is 31.2 Å². The third-order valence-corrected chi connectivity index (χ3v) is 5.22. The van der Waals surface area contributed by atoms with Crippen LogP contribution in [0, 0.1) is 12.8 Å². The van der Waals surface area contributed by atoms with Crippen LogP contribution in [0.4, 0.5) is 19.4 Å². The van der Waals surface area contributed by atoms with Crippen LogP contribution < -0.4 is 5.32 Å². The van der Waals surface area contributed by atoms with Gasteiger partial charge >= 0.3 is 6.09 Å². The molecule has 8 nitrogen and oxygen atoms in total. The van der Waals surface area contributed by atoms with E-state index in [2.05, 4.69) is 20.5 Å². The van der Waals surface area contributed by atoms with E-state index in [1.54, 1.807) is 16.8 Å². The number of hydrogen-bond acceptors (Lipinski definition) is 6. The third kappa shape index (κ3) is 4.32. The molecule has 1 aromatic carbocycles. The molecule has 1 aliphatic heterocycles. The maximum absolute atomic E-state index is 14.7. The summed E-state index contributed by atoms with van der Waals surface area (Å²) in [5, 5.41) is 10.7. The molecule has 1 fully saturated rings. The zero-order valence-corrected chi connectivity index (χ0v) is 16.5. The van der Waals surface area contributed by atoms with Crippen molar-refractivity contribution < 1.29 is 18.3 Å². The predicted octanol–water partition coefficient (Wildman–Crippen LogP) is 3.14. The van der Waals surface area contributed by atoms with Crippen molar-refractivity contribution in [3.8, 4) is 0 Å². The van der Waals surface area contributed by atoms with Crippen LogP contribution in [0.2, 0.25) is 0 Å². The maximum atomic E-state index is 14.7. The molecule has 0 spiro atoms. The first kappa shape index (κ1) is 20.0. The SMILES string of the molecule is Cc1ccc(COC(=O)N2CC[C@H](CNc3nccn4cnnc34)C(F)(F)C2)cc1. The van der Waals surface area contributed by atoms with Gasteiger partial charge in [-0.1, -0.05) is 29.8 Å². The van der Waals surface area contributed by atoms with Crippen molar-refractivity contribution in [1.82, 2.24) is 24.5 Å². The average molecular weight is 416 g/mol. The standard InChI is InChI=1S/C20H22F2N6O2/c1-14-2-4-15(5-3-14)11-30-19(29)27-8-6-16(20(21,22)12-27)10-24-17-18-26-25-13-28(18)9-7-23-17/h2-5,7,9,13,16H,6,8,10-12H2,1H3,(H,23,24)/t16-/m1/s1. The number of anilines is 1. The fourth-order valence-corrected chi connectivity index (χ4v) is 3.42. The zero-order valence-electron chi connectivity index (χ0n) is 16.5. The molecule has 2 aromatic heterocycles. The largest absolute Gasteiger partial charge is 0.445 e. The van der Waals surface area contributed by atoms with Crippen LogP contribution in [0.25, 0.3) is 5.65 Å². The lowest BCUT2D eigenvalue weighted by molar-refractivity contribution is -0.101. The van der Waals surface area contributed by atoms with Gasteiger partial charge in [0.2, 0.25) is 5.65 Å². The fraction of sp³-hybridized carbons (Fsp3) is 0.400. The van der Waals surface area contributed by atoms with Crippen LogP contribution >= 0.6 is 0 Å². The molecule has 0 unspecified atom stereocenters. The molecule has 1 amide bonds. The molecule has 4 rings (SSSR count). The van der Waals surface area contributed by atoms with Crippen LogP contribution in [-0.2, 0) is 11.3 Å². The number of nitrogens with zero attached hydrogens (tertiary/aromatic N) is 5. The molecule has 1 aliphatic rings. The summed E-state index contributed by atoms with van der Waals surface area (Å²) in [5.41, 5.74) is 2.38. The van der Waals surface area contributed by atoms with Gasteiger partial charge in [0.1, 0.15) is 12.9 Å². The highest BCUT2D eigenvalue weighted by atomic mass is 19.3. The summed E-state index contributed by atoms with van der Waals surface area (Å²) in [6.07, 6.45) is 4.16. The van der Waals surface area contributed by atoms with Crippen LogP contribution in [0.5, 0.6) is 0 Å². The van der Waals surface area contributed by atoms with Crippen LogP contribution in [0.1, 0.15) is 17.5 Å². The van der Waals surface area contributed by atoms with Gasteiger partial charge in [-0.15, -0.1) is 10.2 Å². The lowest BCUT2D eigenvalue weighted by Crippen LogP contribution is -2.52. The molecule has 1 N–H and O–H groups in total. The summed E-state index contributed by atoms with van der Waals surface area (Å²) in [7, 11) is 0. The molecule has 0 radical (unpaired) electrons. The number of carbonyl (C=O) groups is 1. The number of halogens is 2. The summed E-state index contributed by atoms with van der Waals surface area (Å²) in [6.45, 7) is 1.56. The number of aromatic nitrogens is 4. The van der Waals surface area contributed by atoms with Crippen molar-refractivity contribution in [2.45, 2.75) is 25.9 Å². The van der Waals surface area contributed by atoms with Gasteiger partial charge in [-0.3, -0.25) is 4.40 Å². The van der Waals surface area contributed by atoms with Crippen molar-refractivity contribution in [3.63, 3.8) is 0 Å². The first-order chi connectivity index (χ1) is 14.4. The molecule has 10 heteroatoms. The minimum absolute atomic E-state index is 0.0127. The monoisotopic (exact) mass is 416 g/mol. The van der Waals surface area contributed by atoms with Crippen LogP contribution in [0.3, 0.4) is 0 Å². The molecule has 3 aromatic rings. The number of ether oxygens (including phenoxy) is 1. The molecule has 0 aliphatic carbocycles. The van der Waals surface area contributed by atoms with E-state index in [9.17, 15) is 13.6 Å². The van der Waals surface area contributed by atoms with E-state index in [0.717, 1.165) is 16.0 Å². The summed E-state index contributed by atoms with van der Waals surface area (Å²) in [6, 6.07) is 7.51. The lowest BCUT2D eigenvalue weighted by Gasteiger charge is -2.37. The number of alkyl halides is 2. The first-order valence-corrected chi connectivity index (χ1v) is 9.66. The van der Waals surface area contributed by atoms with E-state index in [0.29, 0.717) is 11.5 Å². The molecule has 158 valence electrons. The highest BCUT2D eigenvalue weighted by Crippen LogP contribution is 2.33. The van der Waals surface area contributed by atoms with Gasteiger partial charge in [0.25, 0.3) is 5.92 Å². The Morgan fingerprint density at radius 1 is 1.33 bits per heavy atom. The van der Waals surface area contributed by atoms with Crippen LogP contribution in [-0.4, -0.2) is 56.1 Å². The Morgan fingerprint density at radius 3 is 2.90 bits per heavy atom. The number of likely N-dealkylation sites (tertiary alicyclic amines) is 1. The number of rotatable bonds is 5. The van der Waals surface area contributed by atoms with Crippen molar-refractivity contribution in [2.75, 3.05) is 25.0 Å². The quantitative estimate of drug-likeness (QED) is 0.688. The lowest BCUT2D eigenvalue weighted by atomic mass is 9.93. The maximum Gasteiger partial charge on any atom is 0.410 e. The number of nitrogens with one attached hydrogen (secondary N) is 1. The number of amides is 1. The molecular weight excluding hydrogens is 394 g/mol. The topological polar surface area (TPSA) is 84.7 Å². The van der Waals surface area contributed by atoms with E-state index < -0.39 is 24.5 Å². The molecule has 30 heavy (non-hydrogen) atoms. The first-order valence-electron chi connectivity index (χ1n) is 9.66. The smallest absolute Gasteiger partial charge is 0.410 e. The summed E-state index contributed by atoms with van der Waals surface area (Å²) < 4.78 is 36.3. The van der Waals surface area contributed by atoms with E-state index in [-0.39, 0.29) is 26.1 Å². The van der Waals surface area contributed by atoms with Gasteiger partial charge in [0.15, 0.2) is 5.82 Å². The Bertz CT molecular complexity index is 1020. The van der Waals surface area contributed by atoms with Gasteiger partial charge in [0, 0.05) is 31.4 Å². The number of carbonyl (C=O) groups excluding carboxylic acids is 1. The van der Waals surface area contributed by atoms with Crippen molar-refractivity contribution in [1.29, 1.82) is 0 Å². The normalized spacial score (nSPS) is 18.4. The molecule has 3 heterocycles. The highest BCUT2D eigenvalue weighted by Gasteiger charge is 2.46. The van der Waals surface area contributed by atoms with Crippen molar-refractivity contribution in [3.05, 3.63) is 54.1 Å². The minimum atomic E-state index is -3.05. The Labute approximate surface area is 171 Å². The summed E-state index contributed by atoms with van der Waals surface area (Å²) >= 11 is 0. The van der Waals surface area contributed by atoms with Gasteiger partial charge in [-0.05, 0) is 18.9 Å². The average Bonchev–Trinajstić information content (AvgIpc) is 3.21. The van der Waals surface area contributed by atoms with Gasteiger partial charge < -0.3 is 15.0 Å². The number of aryl methyl sites for hydroxylation is 1. The Morgan fingerprint density at radius 2 is 2.13 bits per heavy atom. The van der Waals surface area contributed by atoms with Crippen molar-refractivity contribution in [2.24, 2.45) is 5.92 Å². The second-order valence-electron chi connectivity index (χ2n) is 7.43. The second-order valence-corrected chi connectivity index (χ2v) is 7.43. The highest BCUT2D eigenvalue weighted by molar-refractivity contribution is 5.68. The third-order valence-electron chi connectivity index (χ3n) is 5.22. The Balaban J connectivity index is 1.32. The molecule has 1 atom stereocenters. The van der Waals surface area contributed by atoms with Crippen LogP contribution in [0.15, 0.2) is 43.0 Å². The summed E-state index contributed by atoms with van der Waals surface area (Å²) in [4.78, 5) is 17.5. The number of fused-ring (bicyclic) bond motifs is 1. The van der Waals surface area contributed by atoms with Gasteiger partial charge in [-0.25, -0.2) is 18.6 Å². The van der Waals surface area contributed by atoms with Gasteiger partial charge in [0.05, 0.1) is 6.54 Å². The molecule has 0 saturated carbocycles. The second kappa shape index (κ2) is 8.21. The number of piperidine rings is 1.